The minimum Gasteiger partial charge on any atom is -0.493 e. The number of carboxylic acids is 1. The monoisotopic (exact) mass is 263 g/mol. The minimum atomic E-state index is -1.11. The van der Waals surface area contributed by atoms with Gasteiger partial charge in [-0.2, -0.15) is 5.26 Å². The number of methoxy groups -OCH3 is 3. The van der Waals surface area contributed by atoms with Gasteiger partial charge in [0.25, 0.3) is 0 Å². The Bertz CT molecular complexity index is 557. The third-order valence-corrected chi connectivity index (χ3v) is 2.38. The van der Waals surface area contributed by atoms with E-state index in [1.807, 2.05) is 6.07 Å². The van der Waals surface area contributed by atoms with E-state index in [1.165, 1.54) is 33.5 Å². The van der Waals surface area contributed by atoms with Crippen molar-refractivity contribution in [1.29, 1.82) is 5.26 Å². The summed E-state index contributed by atoms with van der Waals surface area (Å²) < 4.78 is 15.4. The zero-order chi connectivity index (χ0) is 14.4. The van der Waals surface area contributed by atoms with Crippen LogP contribution >= 0.6 is 0 Å². The van der Waals surface area contributed by atoms with Gasteiger partial charge in [-0.05, 0) is 12.1 Å². The van der Waals surface area contributed by atoms with Crippen LogP contribution in [0.1, 0.15) is 11.1 Å². The van der Waals surface area contributed by atoms with Gasteiger partial charge in [0.15, 0.2) is 11.5 Å². The second kappa shape index (κ2) is 6.31. The van der Waals surface area contributed by atoms with Crippen molar-refractivity contribution >= 4 is 12.0 Å². The number of carbonyl (C=O) groups is 1. The van der Waals surface area contributed by atoms with E-state index >= 15 is 0 Å². The van der Waals surface area contributed by atoms with Crippen molar-refractivity contribution in [3.05, 3.63) is 23.3 Å². The molecule has 0 fully saturated rings. The van der Waals surface area contributed by atoms with Crippen LogP contribution in [0.25, 0.3) is 6.08 Å². The molecule has 0 bridgehead atoms. The molecule has 19 heavy (non-hydrogen) atoms. The highest BCUT2D eigenvalue weighted by atomic mass is 16.5. The van der Waals surface area contributed by atoms with Crippen molar-refractivity contribution in [3.8, 4) is 23.3 Å². The number of hydrogen-bond donors (Lipinski definition) is 1. The summed E-state index contributed by atoms with van der Waals surface area (Å²) in [6.45, 7) is 0. The molecule has 0 saturated carbocycles. The smallest absolute Gasteiger partial charge is 0.328 e. The summed E-state index contributed by atoms with van der Waals surface area (Å²) in [4.78, 5) is 10.5. The molecule has 0 unspecified atom stereocenters. The van der Waals surface area contributed by atoms with Crippen LogP contribution in [0.4, 0.5) is 0 Å². The Hall–Kier alpha value is -2.68. The molecule has 6 nitrogen and oxygen atoms in total. The van der Waals surface area contributed by atoms with Crippen LogP contribution in [-0.4, -0.2) is 32.4 Å². The topological polar surface area (TPSA) is 88.8 Å². The molecule has 100 valence electrons. The molecule has 1 N–H and O–H groups in total. The maximum absolute atomic E-state index is 10.5. The van der Waals surface area contributed by atoms with E-state index in [0.717, 1.165) is 6.08 Å². The quantitative estimate of drug-likeness (QED) is 0.813. The van der Waals surface area contributed by atoms with Crippen LogP contribution < -0.4 is 14.2 Å². The van der Waals surface area contributed by atoms with Crippen molar-refractivity contribution in [3.63, 3.8) is 0 Å². The first-order valence-corrected chi connectivity index (χ1v) is 5.23. The van der Waals surface area contributed by atoms with Crippen LogP contribution in [0.3, 0.4) is 0 Å². The Morgan fingerprint density at radius 1 is 1.26 bits per heavy atom. The molecule has 0 radical (unpaired) electrons. The maximum atomic E-state index is 10.5. The largest absolute Gasteiger partial charge is 0.493 e. The Kier molecular flexibility index (Phi) is 4.77. The number of benzene rings is 1. The summed E-state index contributed by atoms with van der Waals surface area (Å²) in [5.41, 5.74) is 0.553. The molecule has 0 saturated heterocycles. The van der Waals surface area contributed by atoms with Gasteiger partial charge in [0.1, 0.15) is 11.6 Å². The predicted molar refractivity (Wildman–Crippen MR) is 67.5 cm³/mol. The standard InChI is InChI=1S/C13H13NO5/c1-17-10-6-8(4-5-11(15)16)9(7-14)12(18-2)13(10)19-3/h4-6H,1-3H3,(H,15,16)/b5-4+. The van der Waals surface area contributed by atoms with Gasteiger partial charge in [-0.3, -0.25) is 0 Å². The second-order valence-electron chi connectivity index (χ2n) is 3.39. The first kappa shape index (κ1) is 14.4. The third-order valence-electron chi connectivity index (χ3n) is 2.38. The summed E-state index contributed by atoms with van der Waals surface area (Å²) in [5, 5.41) is 17.8. The van der Waals surface area contributed by atoms with E-state index in [2.05, 4.69) is 0 Å². The summed E-state index contributed by atoms with van der Waals surface area (Å²) in [5.74, 6) is -0.274. The molecule has 0 spiro atoms. The van der Waals surface area contributed by atoms with Gasteiger partial charge < -0.3 is 19.3 Å². The number of carboxylic acid groups (broad SMARTS) is 1. The SMILES string of the molecule is COc1cc(/C=C/C(=O)O)c(C#N)c(OC)c1OC. The third kappa shape index (κ3) is 2.96. The normalized spacial score (nSPS) is 10.0. The van der Waals surface area contributed by atoms with E-state index in [9.17, 15) is 10.1 Å². The maximum Gasteiger partial charge on any atom is 0.328 e. The van der Waals surface area contributed by atoms with Gasteiger partial charge in [0, 0.05) is 11.6 Å². The molecule has 0 heterocycles. The van der Waals surface area contributed by atoms with Gasteiger partial charge in [-0.1, -0.05) is 0 Å². The first-order chi connectivity index (χ1) is 9.08. The molecule has 0 aliphatic rings. The number of aliphatic carboxylic acids is 1. The summed E-state index contributed by atoms with van der Waals surface area (Å²) in [6, 6.07) is 3.47. The highest BCUT2D eigenvalue weighted by Gasteiger charge is 2.19. The number of rotatable bonds is 5. The fraction of sp³-hybridized carbons (Fsp3) is 0.231. The minimum absolute atomic E-state index is 0.178. The molecule has 0 amide bonds. The number of ether oxygens (including phenoxy) is 3. The molecular weight excluding hydrogens is 250 g/mol. The molecule has 1 aromatic carbocycles. The molecule has 1 rings (SSSR count). The molecule has 6 heteroatoms. The lowest BCUT2D eigenvalue weighted by Crippen LogP contribution is -1.99. The lowest BCUT2D eigenvalue weighted by molar-refractivity contribution is -0.131. The van der Waals surface area contributed by atoms with E-state index < -0.39 is 5.97 Å². The molecular formula is C13H13NO5. The molecule has 0 aromatic heterocycles. The van der Waals surface area contributed by atoms with Crippen LogP contribution in [0.5, 0.6) is 17.2 Å². The lowest BCUT2D eigenvalue weighted by atomic mass is 10.0. The molecule has 0 atom stereocenters. The number of nitriles is 1. The van der Waals surface area contributed by atoms with E-state index in [0.29, 0.717) is 11.3 Å². The van der Waals surface area contributed by atoms with Crippen molar-refractivity contribution in [2.45, 2.75) is 0 Å². The Morgan fingerprint density at radius 2 is 1.89 bits per heavy atom. The van der Waals surface area contributed by atoms with Crippen LogP contribution in [0.2, 0.25) is 0 Å². The number of nitrogens with zero attached hydrogens (tertiary/aromatic N) is 1. The van der Waals surface area contributed by atoms with Gasteiger partial charge >= 0.3 is 5.97 Å². The zero-order valence-corrected chi connectivity index (χ0v) is 10.8. The predicted octanol–water partition coefficient (Wildman–Crippen LogP) is 1.68. The van der Waals surface area contributed by atoms with Gasteiger partial charge in [0.2, 0.25) is 5.75 Å². The van der Waals surface area contributed by atoms with E-state index in [-0.39, 0.29) is 17.1 Å². The van der Waals surface area contributed by atoms with Crippen LogP contribution in [0.15, 0.2) is 12.1 Å². The van der Waals surface area contributed by atoms with E-state index in [1.54, 1.807) is 0 Å². The fourth-order valence-corrected chi connectivity index (χ4v) is 1.58. The average Bonchev–Trinajstić information content (AvgIpc) is 2.42. The van der Waals surface area contributed by atoms with Crippen molar-refractivity contribution in [1.82, 2.24) is 0 Å². The van der Waals surface area contributed by atoms with Crippen LogP contribution in [0, 0.1) is 11.3 Å². The van der Waals surface area contributed by atoms with Gasteiger partial charge in [-0.25, -0.2) is 4.79 Å². The highest BCUT2D eigenvalue weighted by Crippen LogP contribution is 2.41. The van der Waals surface area contributed by atoms with Crippen molar-refractivity contribution in [2.75, 3.05) is 21.3 Å². The summed E-state index contributed by atoms with van der Waals surface area (Å²) in [7, 11) is 4.26. The zero-order valence-electron chi connectivity index (χ0n) is 10.8. The van der Waals surface area contributed by atoms with Crippen molar-refractivity contribution < 1.29 is 24.1 Å². The summed E-state index contributed by atoms with van der Waals surface area (Å²) >= 11 is 0. The lowest BCUT2D eigenvalue weighted by Gasteiger charge is -2.14. The Morgan fingerprint density at radius 3 is 2.32 bits per heavy atom. The Labute approximate surface area is 110 Å². The van der Waals surface area contributed by atoms with Gasteiger partial charge in [-0.15, -0.1) is 0 Å². The molecule has 0 aliphatic heterocycles. The van der Waals surface area contributed by atoms with Crippen molar-refractivity contribution in [2.24, 2.45) is 0 Å². The fourth-order valence-electron chi connectivity index (χ4n) is 1.58. The van der Waals surface area contributed by atoms with Gasteiger partial charge in [0.05, 0.1) is 21.3 Å². The second-order valence-corrected chi connectivity index (χ2v) is 3.39. The highest BCUT2D eigenvalue weighted by molar-refractivity contribution is 5.86. The van der Waals surface area contributed by atoms with Crippen LogP contribution in [-0.2, 0) is 4.79 Å². The Balaban J connectivity index is 3.56. The number of hydrogen-bond acceptors (Lipinski definition) is 5. The molecule has 0 aliphatic carbocycles. The summed E-state index contributed by atoms with van der Waals surface area (Å²) in [6.07, 6.45) is 2.23. The first-order valence-electron chi connectivity index (χ1n) is 5.23. The molecule has 1 aromatic rings. The van der Waals surface area contributed by atoms with E-state index in [4.69, 9.17) is 19.3 Å². The average molecular weight is 263 g/mol.